The summed E-state index contributed by atoms with van der Waals surface area (Å²) < 4.78 is 2.67. The molecule has 29 heavy (non-hydrogen) atoms. The van der Waals surface area contributed by atoms with Crippen molar-refractivity contribution in [3.8, 4) is 11.3 Å². The third kappa shape index (κ3) is 3.44. The van der Waals surface area contributed by atoms with Crippen molar-refractivity contribution in [2.45, 2.75) is 72.6 Å². The first kappa shape index (κ1) is 20.6. The molecule has 1 aliphatic carbocycles. The van der Waals surface area contributed by atoms with Gasteiger partial charge in [-0.25, -0.2) is 0 Å². The summed E-state index contributed by atoms with van der Waals surface area (Å²) in [6.45, 7) is 19.3. The topological polar surface area (TPSA) is 3.88 Å². The molecule has 1 aromatic carbocycles. The number of allylic oxidation sites excluding steroid dienone is 2. The Morgan fingerprint density at radius 1 is 1.00 bits per heavy atom. The van der Waals surface area contributed by atoms with Crippen LogP contribution in [-0.4, -0.2) is 8.07 Å². The van der Waals surface area contributed by atoms with E-state index in [1.807, 2.05) is 0 Å². The van der Waals surface area contributed by atoms with E-state index in [2.05, 4.69) is 101 Å². The maximum Gasteiger partial charge on any atom is 0.213 e. The smallest absolute Gasteiger partial charge is 0.191 e. The van der Waals surface area contributed by atoms with Gasteiger partial charge in [-0.1, -0.05) is 78.5 Å². The summed E-state index contributed by atoms with van der Waals surface area (Å²) in [6, 6.07) is 12.2. The molecule has 0 saturated heterocycles. The van der Waals surface area contributed by atoms with E-state index in [1.165, 1.54) is 23.2 Å². The second-order valence-electron chi connectivity index (χ2n) is 11.1. The molecule has 2 heteroatoms. The van der Waals surface area contributed by atoms with Crippen LogP contribution in [0.5, 0.6) is 0 Å². The summed E-state index contributed by atoms with van der Waals surface area (Å²) in [5, 5.41) is 1.65. The predicted octanol–water partition coefficient (Wildman–Crippen LogP) is 6.26. The van der Waals surface area contributed by atoms with Gasteiger partial charge in [0, 0.05) is 11.3 Å². The Morgan fingerprint density at radius 2 is 1.69 bits per heavy atom. The van der Waals surface area contributed by atoms with E-state index in [1.54, 1.807) is 16.3 Å². The number of aromatic nitrogens is 1. The van der Waals surface area contributed by atoms with Crippen molar-refractivity contribution in [2.24, 2.45) is 17.8 Å². The van der Waals surface area contributed by atoms with E-state index < -0.39 is 8.07 Å². The van der Waals surface area contributed by atoms with E-state index in [4.69, 9.17) is 0 Å². The van der Waals surface area contributed by atoms with Crippen LogP contribution in [0.4, 0.5) is 0 Å². The number of fused-ring (bicyclic) bond motifs is 6. The van der Waals surface area contributed by atoms with Gasteiger partial charge in [-0.2, -0.15) is 4.57 Å². The van der Waals surface area contributed by atoms with Crippen LogP contribution in [0.15, 0.2) is 48.2 Å². The summed E-state index contributed by atoms with van der Waals surface area (Å²) in [5.74, 6) is 2.53. The molecule has 1 aromatic heterocycles. The van der Waals surface area contributed by atoms with Gasteiger partial charge in [0.15, 0.2) is 12.2 Å². The van der Waals surface area contributed by atoms with E-state index in [0.717, 1.165) is 0 Å². The molecule has 2 aromatic rings. The predicted molar refractivity (Wildman–Crippen MR) is 127 cm³/mol. The van der Waals surface area contributed by atoms with E-state index in [0.29, 0.717) is 29.7 Å². The Kier molecular flexibility index (Phi) is 5.13. The van der Waals surface area contributed by atoms with Crippen LogP contribution in [0.1, 0.15) is 57.7 Å². The molecule has 2 aliphatic rings. The van der Waals surface area contributed by atoms with Crippen molar-refractivity contribution in [3.05, 3.63) is 59.3 Å². The highest BCUT2D eigenvalue weighted by Crippen LogP contribution is 2.51. The Hall–Kier alpha value is -1.67. The standard InChI is InChI=1S/C27H38NSi/c1-17(2)13-20-14-25-22-12-10-9-11-21(22)24-15-23(19(5)18(3)4)27(24)28(25)16-26(20)29(6,7)8/h9-12,14-19,24,27H,13H2,1-8H3/q+1/t19-,24+,27?/m1/s1. The summed E-state index contributed by atoms with van der Waals surface area (Å²) in [7, 11) is -1.43. The highest BCUT2D eigenvalue weighted by Gasteiger charge is 2.49. The van der Waals surface area contributed by atoms with Gasteiger partial charge in [-0.15, -0.1) is 0 Å². The van der Waals surface area contributed by atoms with E-state index >= 15 is 0 Å². The fourth-order valence-electron chi connectivity index (χ4n) is 5.25. The molecular formula is C27H38NSi+. The Bertz CT molecular complexity index is 961. The molecule has 0 fully saturated rings. The van der Waals surface area contributed by atoms with Crippen LogP contribution < -0.4 is 9.75 Å². The molecular weight excluding hydrogens is 366 g/mol. The van der Waals surface area contributed by atoms with Gasteiger partial charge in [-0.3, -0.25) is 0 Å². The van der Waals surface area contributed by atoms with Crippen molar-refractivity contribution >= 4 is 13.3 Å². The fraction of sp³-hybridized carbons (Fsp3) is 0.519. The van der Waals surface area contributed by atoms with Gasteiger partial charge >= 0.3 is 0 Å². The third-order valence-corrected chi connectivity index (χ3v) is 9.18. The molecule has 0 radical (unpaired) electrons. The van der Waals surface area contributed by atoms with E-state index in [9.17, 15) is 0 Å². The van der Waals surface area contributed by atoms with Gasteiger partial charge in [0.1, 0.15) is 0 Å². The lowest BCUT2D eigenvalue weighted by atomic mass is 9.66. The van der Waals surface area contributed by atoms with Crippen LogP contribution in [0.25, 0.3) is 11.3 Å². The number of rotatable bonds is 5. The van der Waals surface area contributed by atoms with Crippen molar-refractivity contribution in [3.63, 3.8) is 0 Å². The zero-order valence-electron chi connectivity index (χ0n) is 19.6. The minimum absolute atomic E-state index is 0.500. The number of pyridine rings is 1. The summed E-state index contributed by atoms with van der Waals surface area (Å²) in [5.41, 5.74) is 7.62. The highest BCUT2D eigenvalue weighted by atomic mass is 28.3. The van der Waals surface area contributed by atoms with Gasteiger partial charge in [-0.05, 0) is 46.9 Å². The van der Waals surface area contributed by atoms with Crippen LogP contribution >= 0.6 is 0 Å². The fourth-order valence-corrected chi connectivity index (χ4v) is 6.91. The maximum atomic E-state index is 2.67. The maximum absolute atomic E-state index is 2.67. The molecule has 0 spiro atoms. The Morgan fingerprint density at radius 3 is 2.31 bits per heavy atom. The lowest BCUT2D eigenvalue weighted by molar-refractivity contribution is -0.711. The molecule has 0 N–H and O–H groups in total. The number of benzene rings is 1. The normalized spacial score (nSPS) is 21.2. The van der Waals surface area contributed by atoms with Crippen LogP contribution in [0.2, 0.25) is 19.6 Å². The number of hydrogen-bond acceptors (Lipinski definition) is 0. The molecule has 0 amide bonds. The summed E-state index contributed by atoms with van der Waals surface area (Å²) in [4.78, 5) is 0. The summed E-state index contributed by atoms with van der Waals surface area (Å²) in [6.07, 6.45) is 6.32. The van der Waals surface area contributed by atoms with Gasteiger partial charge in [0.25, 0.3) is 0 Å². The first-order chi connectivity index (χ1) is 13.6. The second-order valence-corrected chi connectivity index (χ2v) is 16.1. The molecule has 4 rings (SSSR count). The van der Waals surface area contributed by atoms with Crippen molar-refractivity contribution in [1.82, 2.24) is 0 Å². The minimum atomic E-state index is -1.43. The number of nitrogens with zero attached hydrogens (tertiary/aromatic N) is 1. The van der Waals surface area contributed by atoms with Crippen LogP contribution in [0, 0.1) is 17.8 Å². The highest BCUT2D eigenvalue weighted by molar-refractivity contribution is 6.88. The number of hydrogen-bond donors (Lipinski definition) is 0. The Labute approximate surface area is 178 Å². The largest absolute Gasteiger partial charge is 0.213 e. The molecule has 1 unspecified atom stereocenters. The van der Waals surface area contributed by atoms with Crippen LogP contribution in [0.3, 0.4) is 0 Å². The molecule has 2 heterocycles. The van der Waals surface area contributed by atoms with Crippen molar-refractivity contribution in [1.29, 1.82) is 0 Å². The molecule has 3 atom stereocenters. The van der Waals surface area contributed by atoms with Crippen molar-refractivity contribution in [2.75, 3.05) is 0 Å². The lowest BCUT2D eigenvalue weighted by Gasteiger charge is -2.41. The van der Waals surface area contributed by atoms with Gasteiger partial charge < -0.3 is 0 Å². The molecule has 1 nitrogen and oxygen atoms in total. The average molecular weight is 405 g/mol. The first-order valence-electron chi connectivity index (χ1n) is 11.5. The van der Waals surface area contributed by atoms with Gasteiger partial charge in [0.2, 0.25) is 5.69 Å². The third-order valence-electron chi connectivity index (χ3n) is 7.11. The second kappa shape index (κ2) is 7.23. The molecule has 0 bridgehead atoms. The van der Waals surface area contributed by atoms with E-state index in [-0.39, 0.29) is 0 Å². The molecule has 0 saturated carbocycles. The minimum Gasteiger partial charge on any atom is -0.191 e. The summed E-state index contributed by atoms with van der Waals surface area (Å²) >= 11 is 0. The lowest BCUT2D eigenvalue weighted by Crippen LogP contribution is -2.57. The van der Waals surface area contributed by atoms with Crippen LogP contribution in [-0.2, 0) is 6.42 Å². The van der Waals surface area contributed by atoms with Crippen molar-refractivity contribution < 1.29 is 4.57 Å². The zero-order valence-corrected chi connectivity index (χ0v) is 20.6. The molecule has 154 valence electrons. The quantitative estimate of drug-likeness (QED) is 0.315. The SMILES string of the molecule is CC(C)Cc1cc2[n+](cc1[Si](C)(C)C)C1C([C@H](C)C(C)C)=C[C@H]1c1ccccc1-2. The molecule has 1 aliphatic heterocycles. The monoisotopic (exact) mass is 404 g/mol. The Balaban J connectivity index is 1.95. The zero-order chi connectivity index (χ0) is 21.1. The first-order valence-corrected chi connectivity index (χ1v) is 15.0. The average Bonchev–Trinajstić information content (AvgIpc) is 2.60. The van der Waals surface area contributed by atoms with Gasteiger partial charge in [0.05, 0.1) is 19.6 Å².